The van der Waals surface area contributed by atoms with Crippen LogP contribution in [0, 0.1) is 5.92 Å². The molecule has 1 unspecified atom stereocenters. The Morgan fingerprint density at radius 3 is 2.91 bits per heavy atom. The molecule has 0 aliphatic carbocycles. The van der Waals surface area contributed by atoms with Gasteiger partial charge >= 0.3 is 0 Å². The molecule has 0 radical (unpaired) electrons. The highest BCUT2D eigenvalue weighted by atomic mass is 16.2. The molecule has 0 spiro atoms. The van der Waals surface area contributed by atoms with Crippen LogP contribution in [0.1, 0.15) is 25.5 Å². The third-order valence-electron chi connectivity index (χ3n) is 4.80. The van der Waals surface area contributed by atoms with Crippen molar-refractivity contribution in [2.45, 2.75) is 26.3 Å². The molecule has 23 heavy (non-hydrogen) atoms. The summed E-state index contributed by atoms with van der Waals surface area (Å²) in [7, 11) is 0. The summed E-state index contributed by atoms with van der Waals surface area (Å²) in [5.74, 6) is 0.112. The standard InChI is InChI=1S/C16H25N5O2/c1-2-20-11-13(10-15(20)22)16(23)21-7-3-6-19(8-9-21)12-14-4-5-17-18-14/h4-5,13H,2-3,6-12H2,1H3,(H,17,18). The van der Waals surface area contributed by atoms with E-state index in [1.165, 1.54) is 0 Å². The van der Waals surface area contributed by atoms with Crippen molar-refractivity contribution in [1.29, 1.82) is 0 Å². The number of hydrogen-bond acceptors (Lipinski definition) is 4. The summed E-state index contributed by atoms with van der Waals surface area (Å²) >= 11 is 0. The fourth-order valence-corrected chi connectivity index (χ4v) is 3.46. The van der Waals surface area contributed by atoms with E-state index in [0.29, 0.717) is 19.5 Å². The second-order valence-electron chi connectivity index (χ2n) is 6.37. The van der Waals surface area contributed by atoms with E-state index in [9.17, 15) is 9.59 Å². The van der Waals surface area contributed by atoms with Crippen LogP contribution in [0.15, 0.2) is 12.3 Å². The highest BCUT2D eigenvalue weighted by Gasteiger charge is 2.36. The maximum Gasteiger partial charge on any atom is 0.228 e. The van der Waals surface area contributed by atoms with Gasteiger partial charge in [0.25, 0.3) is 0 Å². The summed E-state index contributed by atoms with van der Waals surface area (Å²) in [6.07, 6.45) is 3.11. The lowest BCUT2D eigenvalue weighted by molar-refractivity contribution is -0.135. The van der Waals surface area contributed by atoms with Crippen molar-refractivity contribution >= 4 is 11.8 Å². The van der Waals surface area contributed by atoms with Crippen LogP contribution in [-0.4, -0.2) is 76.0 Å². The van der Waals surface area contributed by atoms with Gasteiger partial charge < -0.3 is 9.80 Å². The number of rotatable bonds is 4. The van der Waals surface area contributed by atoms with Gasteiger partial charge in [-0.15, -0.1) is 0 Å². The van der Waals surface area contributed by atoms with E-state index in [0.717, 1.165) is 44.8 Å². The molecule has 2 aliphatic heterocycles. The number of H-pyrrole nitrogens is 1. The fraction of sp³-hybridized carbons (Fsp3) is 0.688. The van der Waals surface area contributed by atoms with Crippen LogP contribution in [0.3, 0.4) is 0 Å². The predicted molar refractivity (Wildman–Crippen MR) is 85.4 cm³/mol. The Morgan fingerprint density at radius 1 is 1.35 bits per heavy atom. The first-order chi connectivity index (χ1) is 11.2. The molecule has 3 heterocycles. The molecule has 1 aromatic heterocycles. The molecule has 7 nitrogen and oxygen atoms in total. The van der Waals surface area contributed by atoms with Crippen LogP contribution < -0.4 is 0 Å². The minimum Gasteiger partial charge on any atom is -0.342 e. The minimum absolute atomic E-state index is 0.113. The van der Waals surface area contributed by atoms with Crippen LogP contribution >= 0.6 is 0 Å². The topological polar surface area (TPSA) is 72.5 Å². The quantitative estimate of drug-likeness (QED) is 0.867. The summed E-state index contributed by atoms with van der Waals surface area (Å²) in [5.41, 5.74) is 1.10. The van der Waals surface area contributed by atoms with Crippen molar-refractivity contribution in [2.24, 2.45) is 5.92 Å². The molecule has 2 saturated heterocycles. The van der Waals surface area contributed by atoms with E-state index >= 15 is 0 Å². The van der Waals surface area contributed by atoms with Gasteiger partial charge in [-0.1, -0.05) is 0 Å². The van der Waals surface area contributed by atoms with Gasteiger partial charge in [0.2, 0.25) is 11.8 Å². The lowest BCUT2D eigenvalue weighted by Crippen LogP contribution is -2.39. The zero-order valence-electron chi connectivity index (χ0n) is 13.7. The third-order valence-corrected chi connectivity index (χ3v) is 4.80. The Kier molecular flexibility index (Phi) is 4.95. The summed E-state index contributed by atoms with van der Waals surface area (Å²) in [4.78, 5) is 30.6. The number of likely N-dealkylation sites (tertiary alicyclic amines) is 1. The molecule has 2 amide bonds. The highest BCUT2D eigenvalue weighted by molar-refractivity contribution is 5.89. The first kappa shape index (κ1) is 16.0. The first-order valence-electron chi connectivity index (χ1n) is 8.44. The number of aromatic amines is 1. The summed E-state index contributed by atoms with van der Waals surface area (Å²) in [6, 6.07) is 1.98. The fourth-order valence-electron chi connectivity index (χ4n) is 3.46. The molecule has 1 N–H and O–H groups in total. The van der Waals surface area contributed by atoms with E-state index < -0.39 is 0 Å². The molecular weight excluding hydrogens is 294 g/mol. The number of nitrogens with zero attached hydrogens (tertiary/aromatic N) is 4. The lowest BCUT2D eigenvalue weighted by Gasteiger charge is -2.24. The number of hydrogen-bond donors (Lipinski definition) is 1. The van der Waals surface area contributed by atoms with Gasteiger partial charge in [0.1, 0.15) is 0 Å². The molecule has 0 bridgehead atoms. The third kappa shape index (κ3) is 3.72. The molecule has 3 rings (SSSR count). The number of carbonyl (C=O) groups is 2. The Morgan fingerprint density at radius 2 is 2.22 bits per heavy atom. The van der Waals surface area contributed by atoms with E-state index in [1.807, 2.05) is 17.9 Å². The summed E-state index contributed by atoms with van der Waals surface area (Å²) in [5, 5.41) is 6.96. The molecule has 0 saturated carbocycles. The Hall–Kier alpha value is -1.89. The maximum absolute atomic E-state index is 12.7. The van der Waals surface area contributed by atoms with Gasteiger partial charge in [-0.2, -0.15) is 5.10 Å². The summed E-state index contributed by atoms with van der Waals surface area (Å²) in [6.45, 7) is 7.45. The van der Waals surface area contributed by atoms with Crippen molar-refractivity contribution in [3.05, 3.63) is 18.0 Å². The highest BCUT2D eigenvalue weighted by Crippen LogP contribution is 2.20. The second-order valence-corrected chi connectivity index (χ2v) is 6.37. The number of aromatic nitrogens is 2. The number of amides is 2. The molecule has 1 aromatic rings. The van der Waals surface area contributed by atoms with Gasteiger partial charge in [0, 0.05) is 64.1 Å². The van der Waals surface area contributed by atoms with Gasteiger partial charge in [0.15, 0.2) is 0 Å². The smallest absolute Gasteiger partial charge is 0.228 e. The number of carbonyl (C=O) groups excluding carboxylic acids is 2. The largest absolute Gasteiger partial charge is 0.342 e. The van der Waals surface area contributed by atoms with Gasteiger partial charge in [-0.25, -0.2) is 0 Å². The van der Waals surface area contributed by atoms with E-state index in [4.69, 9.17) is 0 Å². The van der Waals surface area contributed by atoms with Crippen molar-refractivity contribution < 1.29 is 9.59 Å². The number of nitrogens with one attached hydrogen (secondary N) is 1. The van der Waals surface area contributed by atoms with Crippen LogP contribution in [0.5, 0.6) is 0 Å². The normalized spacial score (nSPS) is 23.3. The van der Waals surface area contributed by atoms with Crippen molar-refractivity contribution in [2.75, 3.05) is 39.3 Å². The van der Waals surface area contributed by atoms with Gasteiger partial charge in [-0.3, -0.25) is 19.6 Å². The Bertz CT molecular complexity index is 545. The zero-order valence-corrected chi connectivity index (χ0v) is 13.7. The first-order valence-corrected chi connectivity index (χ1v) is 8.44. The Labute approximate surface area is 136 Å². The molecule has 2 fully saturated rings. The van der Waals surface area contributed by atoms with Crippen LogP contribution in [0.25, 0.3) is 0 Å². The van der Waals surface area contributed by atoms with Crippen molar-refractivity contribution in [3.8, 4) is 0 Å². The lowest BCUT2D eigenvalue weighted by atomic mass is 10.1. The van der Waals surface area contributed by atoms with Gasteiger partial charge in [-0.05, 0) is 19.4 Å². The molecule has 2 aliphatic rings. The van der Waals surface area contributed by atoms with Crippen molar-refractivity contribution in [1.82, 2.24) is 24.9 Å². The van der Waals surface area contributed by atoms with E-state index in [1.54, 1.807) is 11.1 Å². The average molecular weight is 319 g/mol. The van der Waals surface area contributed by atoms with Crippen LogP contribution in [-0.2, 0) is 16.1 Å². The van der Waals surface area contributed by atoms with Crippen LogP contribution in [0.4, 0.5) is 0 Å². The van der Waals surface area contributed by atoms with E-state index in [-0.39, 0.29) is 17.7 Å². The van der Waals surface area contributed by atoms with Gasteiger partial charge in [0.05, 0.1) is 5.92 Å². The van der Waals surface area contributed by atoms with Crippen LogP contribution in [0.2, 0.25) is 0 Å². The Balaban J connectivity index is 1.53. The molecule has 1 atom stereocenters. The zero-order chi connectivity index (χ0) is 16.2. The predicted octanol–water partition coefficient (Wildman–Crippen LogP) is 0.312. The maximum atomic E-state index is 12.7. The second kappa shape index (κ2) is 7.12. The van der Waals surface area contributed by atoms with Crippen molar-refractivity contribution in [3.63, 3.8) is 0 Å². The molecular formula is C16H25N5O2. The molecule has 126 valence electrons. The monoisotopic (exact) mass is 319 g/mol. The average Bonchev–Trinajstić information content (AvgIpc) is 3.12. The van der Waals surface area contributed by atoms with E-state index in [2.05, 4.69) is 15.1 Å². The summed E-state index contributed by atoms with van der Waals surface area (Å²) < 4.78 is 0. The molecule has 0 aromatic carbocycles. The molecule has 7 heteroatoms. The minimum atomic E-state index is -0.151. The SMILES string of the molecule is CCN1CC(C(=O)N2CCCN(Cc3ccn[nH]3)CC2)CC1=O.